The lowest BCUT2D eigenvalue weighted by molar-refractivity contribution is -0.385. The van der Waals surface area contributed by atoms with E-state index in [1.807, 2.05) is 0 Å². The minimum Gasteiger partial charge on any atom is -0.477 e. The molecule has 0 atom stereocenters. The molecule has 0 aliphatic carbocycles. The molecule has 0 bridgehead atoms. The van der Waals surface area contributed by atoms with E-state index in [-0.39, 0.29) is 11.7 Å². The van der Waals surface area contributed by atoms with Gasteiger partial charge in [0.2, 0.25) is 0 Å². The summed E-state index contributed by atoms with van der Waals surface area (Å²) in [6, 6.07) is 1.73. The predicted octanol–water partition coefficient (Wildman–Crippen LogP) is 1.36. The zero-order chi connectivity index (χ0) is 14.9. The van der Waals surface area contributed by atoms with Crippen LogP contribution in [0.3, 0.4) is 0 Å². The highest BCUT2D eigenvalue weighted by atomic mass is 19.1. The Morgan fingerprint density at radius 3 is 2.55 bits per heavy atom. The number of nitro benzene ring substituents is 1. The number of hydrogen-bond acceptors (Lipinski definition) is 5. The van der Waals surface area contributed by atoms with Crippen molar-refractivity contribution in [3.63, 3.8) is 0 Å². The Kier molecular flexibility index (Phi) is 3.84. The molecule has 0 amide bonds. The van der Waals surface area contributed by atoms with Crippen molar-refractivity contribution in [1.82, 2.24) is 0 Å². The minimum absolute atomic E-state index is 0.0475. The predicted molar refractivity (Wildman–Crippen MR) is 69.4 cm³/mol. The third-order valence-corrected chi connectivity index (χ3v) is 3.37. The summed E-state index contributed by atoms with van der Waals surface area (Å²) in [5.41, 5.74) is 4.56. The quantitative estimate of drug-likeness (QED) is 0.640. The fourth-order valence-electron chi connectivity index (χ4n) is 2.26. The Bertz CT molecular complexity index is 556. The lowest BCUT2D eigenvalue weighted by Crippen LogP contribution is -2.40. The van der Waals surface area contributed by atoms with E-state index in [9.17, 15) is 19.3 Å². The maximum absolute atomic E-state index is 14.0. The molecule has 1 saturated heterocycles. The molecule has 0 radical (unpaired) electrons. The number of halogens is 1. The van der Waals surface area contributed by atoms with Gasteiger partial charge in [-0.2, -0.15) is 0 Å². The number of hydrogen-bond donors (Lipinski definition) is 2. The van der Waals surface area contributed by atoms with Gasteiger partial charge >= 0.3 is 5.97 Å². The van der Waals surface area contributed by atoms with Gasteiger partial charge in [-0.25, -0.2) is 9.18 Å². The van der Waals surface area contributed by atoms with Crippen molar-refractivity contribution in [3.05, 3.63) is 33.6 Å². The topological polar surface area (TPSA) is 110 Å². The first kappa shape index (κ1) is 14.2. The smallest absolute Gasteiger partial charge is 0.342 e. The summed E-state index contributed by atoms with van der Waals surface area (Å²) in [6.45, 7) is 0.990. The lowest BCUT2D eigenvalue weighted by atomic mass is 10.0. The average molecular weight is 283 g/mol. The van der Waals surface area contributed by atoms with Crippen LogP contribution in [0.2, 0.25) is 0 Å². The van der Waals surface area contributed by atoms with E-state index in [2.05, 4.69) is 0 Å². The number of rotatable bonds is 3. The second-order valence-electron chi connectivity index (χ2n) is 4.71. The van der Waals surface area contributed by atoms with Crippen LogP contribution in [0.1, 0.15) is 23.2 Å². The molecule has 8 heteroatoms. The van der Waals surface area contributed by atoms with Crippen molar-refractivity contribution in [2.24, 2.45) is 5.73 Å². The fourth-order valence-corrected chi connectivity index (χ4v) is 2.26. The second-order valence-corrected chi connectivity index (χ2v) is 4.71. The van der Waals surface area contributed by atoms with E-state index in [0.717, 1.165) is 6.07 Å². The average Bonchev–Trinajstić information content (AvgIpc) is 2.39. The van der Waals surface area contributed by atoms with E-state index in [4.69, 9.17) is 10.8 Å². The van der Waals surface area contributed by atoms with E-state index in [1.54, 1.807) is 4.90 Å². The first-order valence-electron chi connectivity index (χ1n) is 6.12. The van der Waals surface area contributed by atoms with Crippen molar-refractivity contribution in [2.75, 3.05) is 18.0 Å². The number of piperidine rings is 1. The van der Waals surface area contributed by atoms with Crippen LogP contribution in [0.15, 0.2) is 12.1 Å². The molecule has 0 aromatic heterocycles. The molecule has 0 saturated carbocycles. The summed E-state index contributed by atoms with van der Waals surface area (Å²) in [4.78, 5) is 22.6. The van der Waals surface area contributed by atoms with Crippen LogP contribution in [0.5, 0.6) is 0 Å². The molecule has 0 spiro atoms. The van der Waals surface area contributed by atoms with Crippen LogP contribution < -0.4 is 10.6 Å². The standard InChI is InChI=1S/C12H14FN3O4/c13-9-6-10(16(19)20)8(12(17)18)5-11(9)15-3-1-7(14)2-4-15/h5-7H,1-4,14H2,(H,17,18). The van der Waals surface area contributed by atoms with Gasteiger partial charge in [-0.05, 0) is 18.9 Å². The highest BCUT2D eigenvalue weighted by Crippen LogP contribution is 2.30. The van der Waals surface area contributed by atoms with E-state index >= 15 is 0 Å². The molecule has 1 aliphatic rings. The number of nitro groups is 1. The molecule has 20 heavy (non-hydrogen) atoms. The summed E-state index contributed by atoms with van der Waals surface area (Å²) < 4.78 is 14.0. The Hall–Kier alpha value is -2.22. The number of anilines is 1. The molecule has 1 aromatic carbocycles. The lowest BCUT2D eigenvalue weighted by Gasteiger charge is -2.32. The number of aromatic carboxylic acids is 1. The normalized spacial score (nSPS) is 16.2. The minimum atomic E-state index is -1.45. The fraction of sp³-hybridized carbons (Fsp3) is 0.417. The second kappa shape index (κ2) is 5.41. The first-order valence-corrected chi connectivity index (χ1v) is 6.12. The van der Waals surface area contributed by atoms with Crippen LogP contribution >= 0.6 is 0 Å². The molecular weight excluding hydrogens is 269 g/mol. The van der Waals surface area contributed by atoms with E-state index in [0.29, 0.717) is 32.0 Å². The molecule has 1 fully saturated rings. The van der Waals surface area contributed by atoms with Crippen LogP contribution in [-0.4, -0.2) is 35.1 Å². The number of carbonyl (C=O) groups is 1. The summed E-state index contributed by atoms with van der Waals surface area (Å²) in [5.74, 6) is -2.25. The highest BCUT2D eigenvalue weighted by molar-refractivity contribution is 5.93. The van der Waals surface area contributed by atoms with Gasteiger partial charge in [0.1, 0.15) is 5.56 Å². The molecular formula is C12H14FN3O4. The van der Waals surface area contributed by atoms with Crippen molar-refractivity contribution >= 4 is 17.3 Å². The first-order chi connectivity index (χ1) is 9.40. The van der Waals surface area contributed by atoms with Crippen molar-refractivity contribution in [1.29, 1.82) is 0 Å². The molecule has 7 nitrogen and oxygen atoms in total. The molecule has 3 N–H and O–H groups in total. The molecule has 1 aromatic rings. The molecule has 1 aliphatic heterocycles. The van der Waals surface area contributed by atoms with Crippen LogP contribution in [0.25, 0.3) is 0 Å². The molecule has 108 valence electrons. The van der Waals surface area contributed by atoms with Gasteiger partial charge in [-0.15, -0.1) is 0 Å². The summed E-state index contributed by atoms with van der Waals surface area (Å²) in [6.07, 6.45) is 1.33. The van der Waals surface area contributed by atoms with Crippen LogP contribution in [0, 0.1) is 15.9 Å². The van der Waals surface area contributed by atoms with Gasteiger partial charge < -0.3 is 15.7 Å². The largest absolute Gasteiger partial charge is 0.477 e. The Morgan fingerprint density at radius 1 is 1.45 bits per heavy atom. The Balaban J connectivity index is 2.41. The van der Waals surface area contributed by atoms with Gasteiger partial charge in [-0.1, -0.05) is 0 Å². The zero-order valence-electron chi connectivity index (χ0n) is 10.6. The van der Waals surface area contributed by atoms with Gasteiger partial charge in [-0.3, -0.25) is 10.1 Å². The van der Waals surface area contributed by atoms with E-state index < -0.39 is 28.0 Å². The van der Waals surface area contributed by atoms with E-state index in [1.165, 1.54) is 0 Å². The number of nitrogens with zero attached hydrogens (tertiary/aromatic N) is 2. The summed E-state index contributed by atoms with van der Waals surface area (Å²) in [5, 5.41) is 19.8. The van der Waals surface area contributed by atoms with Crippen LogP contribution in [-0.2, 0) is 0 Å². The maximum atomic E-state index is 14.0. The number of benzene rings is 1. The van der Waals surface area contributed by atoms with Crippen molar-refractivity contribution in [3.8, 4) is 0 Å². The third kappa shape index (κ3) is 2.69. The number of carboxylic acid groups (broad SMARTS) is 1. The SMILES string of the molecule is NC1CCN(c2cc(C(=O)O)c([N+](=O)[O-])cc2F)CC1. The Labute approximate surface area is 113 Å². The number of carboxylic acids is 1. The van der Waals surface area contributed by atoms with Gasteiger partial charge in [0.05, 0.1) is 16.7 Å². The zero-order valence-corrected chi connectivity index (χ0v) is 10.6. The van der Waals surface area contributed by atoms with Crippen molar-refractivity contribution in [2.45, 2.75) is 18.9 Å². The highest BCUT2D eigenvalue weighted by Gasteiger charge is 2.26. The number of nitrogens with two attached hydrogens (primary N) is 1. The molecule has 0 unspecified atom stereocenters. The summed E-state index contributed by atoms with van der Waals surface area (Å²) >= 11 is 0. The molecule has 2 rings (SSSR count). The van der Waals surface area contributed by atoms with Crippen molar-refractivity contribution < 1.29 is 19.2 Å². The van der Waals surface area contributed by atoms with Gasteiger partial charge in [0.25, 0.3) is 5.69 Å². The summed E-state index contributed by atoms with van der Waals surface area (Å²) in [7, 11) is 0. The Morgan fingerprint density at radius 2 is 2.05 bits per heavy atom. The van der Waals surface area contributed by atoms with Crippen LogP contribution in [0.4, 0.5) is 15.8 Å². The van der Waals surface area contributed by atoms with Gasteiger partial charge in [0.15, 0.2) is 5.82 Å². The molecule has 1 heterocycles. The van der Waals surface area contributed by atoms with Gasteiger partial charge in [0, 0.05) is 19.1 Å². The monoisotopic (exact) mass is 283 g/mol. The maximum Gasteiger partial charge on any atom is 0.342 e. The third-order valence-electron chi connectivity index (χ3n) is 3.37.